The minimum absolute atomic E-state index is 0.0782. The first-order valence-corrected chi connectivity index (χ1v) is 12.0. The predicted octanol–water partition coefficient (Wildman–Crippen LogP) is 7.91. The molecule has 0 spiro atoms. The summed E-state index contributed by atoms with van der Waals surface area (Å²) in [5, 5.41) is -0.569. The minimum atomic E-state index is -4.99. The second-order valence-corrected chi connectivity index (χ2v) is 8.58. The van der Waals surface area contributed by atoms with Crippen molar-refractivity contribution in [1.82, 2.24) is 0 Å². The first-order chi connectivity index (χ1) is 18.3. The average Bonchev–Trinajstić information content (AvgIpc) is 2.86. The Morgan fingerprint density at radius 1 is 0.692 bits per heavy atom. The maximum atomic E-state index is 13.7. The van der Waals surface area contributed by atoms with Gasteiger partial charge in [-0.1, -0.05) is 11.6 Å². The molecule has 2 unspecified atom stereocenters. The zero-order valence-electron chi connectivity index (χ0n) is 20.0. The molecule has 2 aromatic carbocycles. The van der Waals surface area contributed by atoms with Gasteiger partial charge in [-0.3, -0.25) is 0 Å². The number of alkyl halides is 6. The van der Waals surface area contributed by atoms with Crippen LogP contribution in [0, 0.1) is 11.6 Å². The first-order valence-electron chi connectivity index (χ1n) is 11.7. The summed E-state index contributed by atoms with van der Waals surface area (Å²) in [4.78, 5) is 0. The van der Waals surface area contributed by atoms with Crippen LogP contribution < -0.4 is 18.9 Å². The minimum Gasteiger partial charge on any atom is -0.465 e. The summed E-state index contributed by atoms with van der Waals surface area (Å²) in [5.74, 6) is -4.31. The van der Waals surface area contributed by atoms with Gasteiger partial charge in [0.15, 0.2) is 35.7 Å². The van der Waals surface area contributed by atoms with Gasteiger partial charge in [-0.05, 0) is 49.9 Å². The van der Waals surface area contributed by atoms with Crippen molar-refractivity contribution in [3.8, 4) is 23.0 Å². The molecule has 39 heavy (non-hydrogen) atoms. The molecule has 2 aliphatic heterocycles. The van der Waals surface area contributed by atoms with E-state index in [0.717, 1.165) is 49.9 Å². The van der Waals surface area contributed by atoms with Crippen molar-refractivity contribution in [1.29, 1.82) is 0 Å². The largest absolute Gasteiger partial charge is 0.573 e. The van der Waals surface area contributed by atoms with Gasteiger partial charge in [0.25, 0.3) is 0 Å². The lowest BCUT2D eigenvalue weighted by atomic mass is 10.2. The van der Waals surface area contributed by atoms with Crippen LogP contribution in [0.2, 0.25) is 5.02 Å². The number of rotatable bonds is 6. The number of halogens is 9. The molecule has 2 aromatic rings. The highest BCUT2D eigenvalue weighted by Crippen LogP contribution is 2.37. The van der Waals surface area contributed by atoms with E-state index in [-0.39, 0.29) is 11.5 Å². The zero-order chi connectivity index (χ0) is 28.6. The van der Waals surface area contributed by atoms with E-state index in [0.29, 0.717) is 26.1 Å². The standard InChI is InChI=1S/C12H11ClF4O3.C12H12F4O3/c13-10-7(19-9-3-1-2-6-18-9)4-5-8(11(10)14)20-12(15,16)17;13-9-7-8(18-11-3-1-2-6-17-11)4-5-10(9)19-12(14,15)16/h4-5,9H,1-3,6H2;4-5,7,11H,1-3,6H2. The van der Waals surface area contributed by atoms with E-state index in [2.05, 4.69) is 9.47 Å². The molecule has 15 heteroatoms. The molecule has 2 fully saturated rings. The van der Waals surface area contributed by atoms with Gasteiger partial charge in [-0.2, -0.15) is 0 Å². The highest BCUT2D eigenvalue weighted by atomic mass is 35.5. The van der Waals surface area contributed by atoms with Crippen molar-refractivity contribution in [2.75, 3.05) is 13.2 Å². The van der Waals surface area contributed by atoms with Gasteiger partial charge in [0, 0.05) is 18.9 Å². The monoisotopic (exact) mass is 594 g/mol. The lowest BCUT2D eigenvalue weighted by Crippen LogP contribution is -2.25. The molecule has 0 amide bonds. The van der Waals surface area contributed by atoms with Gasteiger partial charge in [0.05, 0.1) is 13.2 Å². The highest BCUT2D eigenvalue weighted by Gasteiger charge is 2.34. The molecule has 4 rings (SSSR count). The number of hydrogen-bond acceptors (Lipinski definition) is 6. The molecule has 0 bridgehead atoms. The summed E-state index contributed by atoms with van der Waals surface area (Å²) in [6.45, 7) is 1.07. The molecule has 0 saturated carbocycles. The van der Waals surface area contributed by atoms with Crippen molar-refractivity contribution in [3.63, 3.8) is 0 Å². The Hall–Kier alpha value is -2.71. The molecular formula is C24H23ClF8O6. The molecule has 218 valence electrons. The molecule has 2 heterocycles. The van der Waals surface area contributed by atoms with E-state index in [4.69, 9.17) is 30.5 Å². The Morgan fingerprint density at radius 2 is 1.21 bits per heavy atom. The molecule has 6 nitrogen and oxygen atoms in total. The fourth-order valence-corrected chi connectivity index (χ4v) is 3.67. The quantitative estimate of drug-likeness (QED) is 0.317. The van der Waals surface area contributed by atoms with Gasteiger partial charge in [-0.25, -0.2) is 8.78 Å². The van der Waals surface area contributed by atoms with Crippen LogP contribution in [0.15, 0.2) is 30.3 Å². The van der Waals surface area contributed by atoms with E-state index in [9.17, 15) is 35.1 Å². The number of benzene rings is 2. The molecular weight excluding hydrogens is 572 g/mol. The second-order valence-electron chi connectivity index (χ2n) is 8.21. The molecule has 0 radical (unpaired) electrons. The van der Waals surface area contributed by atoms with Crippen LogP contribution in [0.3, 0.4) is 0 Å². The summed E-state index contributed by atoms with van der Waals surface area (Å²) >= 11 is 5.64. The van der Waals surface area contributed by atoms with Crippen molar-refractivity contribution < 1.29 is 63.5 Å². The summed E-state index contributed by atoms with van der Waals surface area (Å²) < 4.78 is 127. The highest BCUT2D eigenvalue weighted by molar-refractivity contribution is 6.32. The third-order valence-corrected chi connectivity index (χ3v) is 5.52. The topological polar surface area (TPSA) is 55.4 Å². The van der Waals surface area contributed by atoms with Crippen LogP contribution in [0.1, 0.15) is 38.5 Å². The Balaban J connectivity index is 0.000000216. The lowest BCUT2D eigenvalue weighted by Gasteiger charge is -2.24. The summed E-state index contributed by atoms with van der Waals surface area (Å²) in [7, 11) is 0. The van der Waals surface area contributed by atoms with E-state index in [1.54, 1.807) is 0 Å². The second kappa shape index (κ2) is 13.6. The fourth-order valence-electron chi connectivity index (χ4n) is 3.47. The predicted molar refractivity (Wildman–Crippen MR) is 120 cm³/mol. The zero-order valence-corrected chi connectivity index (χ0v) is 20.8. The summed E-state index contributed by atoms with van der Waals surface area (Å²) in [6, 6.07) is 4.86. The van der Waals surface area contributed by atoms with E-state index < -0.39 is 53.5 Å². The molecule has 2 aliphatic rings. The van der Waals surface area contributed by atoms with Crippen LogP contribution in [0.25, 0.3) is 0 Å². The smallest absolute Gasteiger partial charge is 0.465 e. The van der Waals surface area contributed by atoms with E-state index >= 15 is 0 Å². The maximum Gasteiger partial charge on any atom is 0.573 e. The van der Waals surface area contributed by atoms with Gasteiger partial charge in [0.2, 0.25) is 0 Å². The average molecular weight is 595 g/mol. The molecule has 2 saturated heterocycles. The Labute approximate surface area is 222 Å². The normalized spacial score (nSPS) is 19.9. The van der Waals surface area contributed by atoms with Crippen molar-refractivity contribution >= 4 is 11.6 Å². The number of ether oxygens (including phenoxy) is 6. The van der Waals surface area contributed by atoms with E-state index in [1.165, 1.54) is 6.07 Å². The third kappa shape index (κ3) is 10.4. The third-order valence-electron chi connectivity index (χ3n) is 5.17. The Bertz CT molecular complexity index is 1070. The van der Waals surface area contributed by atoms with Crippen molar-refractivity contribution in [2.24, 2.45) is 0 Å². The van der Waals surface area contributed by atoms with Gasteiger partial charge < -0.3 is 28.4 Å². The molecule has 0 aliphatic carbocycles. The lowest BCUT2D eigenvalue weighted by molar-refractivity contribution is -0.276. The summed E-state index contributed by atoms with van der Waals surface area (Å²) in [5.41, 5.74) is 0. The van der Waals surface area contributed by atoms with Gasteiger partial charge in [-0.15, -0.1) is 26.3 Å². The van der Waals surface area contributed by atoms with Crippen LogP contribution >= 0.6 is 11.6 Å². The Kier molecular flexibility index (Phi) is 10.7. The fraction of sp³-hybridized carbons (Fsp3) is 0.500. The van der Waals surface area contributed by atoms with Crippen LogP contribution in [-0.4, -0.2) is 38.5 Å². The van der Waals surface area contributed by atoms with Crippen LogP contribution in [0.4, 0.5) is 35.1 Å². The van der Waals surface area contributed by atoms with Crippen molar-refractivity contribution in [3.05, 3.63) is 47.0 Å². The Morgan fingerprint density at radius 3 is 1.72 bits per heavy atom. The van der Waals surface area contributed by atoms with Gasteiger partial charge >= 0.3 is 12.7 Å². The van der Waals surface area contributed by atoms with Crippen LogP contribution in [0.5, 0.6) is 23.0 Å². The van der Waals surface area contributed by atoms with Crippen molar-refractivity contribution in [2.45, 2.75) is 63.8 Å². The molecule has 2 atom stereocenters. The SMILES string of the molecule is Fc1c(OC(F)(F)F)ccc(OC2CCCCO2)c1Cl.Fc1cc(OC2CCCCO2)ccc1OC(F)(F)F. The first kappa shape index (κ1) is 30.8. The summed E-state index contributed by atoms with van der Waals surface area (Å²) in [6.07, 6.45) is -6.02. The van der Waals surface area contributed by atoms with E-state index in [1.807, 2.05) is 0 Å². The number of hydrogen-bond donors (Lipinski definition) is 0. The van der Waals surface area contributed by atoms with Crippen LogP contribution in [-0.2, 0) is 9.47 Å². The van der Waals surface area contributed by atoms with Gasteiger partial charge in [0.1, 0.15) is 16.5 Å². The molecule has 0 N–H and O–H groups in total. The molecule has 0 aromatic heterocycles. The maximum absolute atomic E-state index is 13.7.